The van der Waals surface area contributed by atoms with Gasteiger partial charge in [0.2, 0.25) is 11.1 Å². The number of nitrogens with zero attached hydrogens (tertiary/aromatic N) is 5. The fraction of sp³-hybridized carbons (Fsp3) is 0.231. The van der Waals surface area contributed by atoms with Crippen LogP contribution in [0, 0.1) is 0 Å². The molecule has 0 radical (unpaired) electrons. The van der Waals surface area contributed by atoms with Gasteiger partial charge in [0.1, 0.15) is 23.2 Å². The lowest BCUT2D eigenvalue weighted by Crippen LogP contribution is -2.71. The Morgan fingerprint density at radius 3 is 2.42 bits per heavy atom. The number of aromatic nitrogens is 4. The minimum Gasteiger partial charge on any atom is -0.477 e. The molecule has 3 heterocycles. The van der Waals surface area contributed by atoms with Gasteiger partial charge in [-0.15, -0.1) is 16.9 Å². The van der Waals surface area contributed by atoms with E-state index < -0.39 is 47.3 Å². The predicted octanol–water partition coefficient (Wildman–Crippen LogP) is 1.31. The molecule has 0 bridgehead atoms. The molecule has 5 N–H and O–H groups in total. The minimum atomic E-state index is -1.26. The molecule has 6 amide bonds. The number of carbonyl (C=O) groups excluding carboxylic acids is 4. The van der Waals surface area contributed by atoms with Gasteiger partial charge in [-0.05, 0) is 33.7 Å². The number of rotatable bonds is 9. The van der Waals surface area contributed by atoms with E-state index in [4.69, 9.17) is 0 Å². The first-order valence-electron chi connectivity index (χ1n) is 12.8. The van der Waals surface area contributed by atoms with Crippen molar-refractivity contribution in [1.29, 1.82) is 0 Å². The third-order valence-electron chi connectivity index (χ3n) is 6.43. The monoisotopic (exact) mass is 623 g/mol. The van der Waals surface area contributed by atoms with Crippen LogP contribution in [0.5, 0.6) is 0 Å². The Morgan fingerprint density at radius 1 is 1.07 bits per heavy atom. The predicted molar refractivity (Wildman–Crippen MR) is 156 cm³/mol. The summed E-state index contributed by atoms with van der Waals surface area (Å²) in [6, 6.07) is 12.7. The molecule has 17 heteroatoms. The van der Waals surface area contributed by atoms with Gasteiger partial charge >= 0.3 is 18.0 Å². The molecule has 1 fully saturated rings. The second kappa shape index (κ2) is 13.0. The van der Waals surface area contributed by atoms with Crippen LogP contribution in [0.4, 0.5) is 15.3 Å². The highest BCUT2D eigenvalue weighted by Crippen LogP contribution is 2.41. The molecule has 222 valence electrons. The van der Waals surface area contributed by atoms with Gasteiger partial charge < -0.3 is 21.1 Å². The first-order valence-corrected chi connectivity index (χ1v) is 14.8. The van der Waals surface area contributed by atoms with Crippen LogP contribution in [0.3, 0.4) is 0 Å². The van der Waals surface area contributed by atoms with Crippen molar-refractivity contribution in [2.45, 2.75) is 22.6 Å². The lowest BCUT2D eigenvalue weighted by Gasteiger charge is -2.49. The molecule has 3 aromatic rings. The molecule has 1 aromatic heterocycles. The molecule has 1 saturated heterocycles. The van der Waals surface area contributed by atoms with Gasteiger partial charge in [0.05, 0.1) is 0 Å². The number of thioether (sulfide) groups is 2. The quantitative estimate of drug-likeness (QED) is 0.170. The van der Waals surface area contributed by atoms with E-state index in [9.17, 15) is 29.1 Å². The van der Waals surface area contributed by atoms with Crippen LogP contribution in [0.15, 0.2) is 77.1 Å². The zero-order chi connectivity index (χ0) is 30.5. The van der Waals surface area contributed by atoms with Crippen LogP contribution in [0.25, 0.3) is 0 Å². The number of amides is 6. The zero-order valence-electron chi connectivity index (χ0n) is 22.5. The largest absolute Gasteiger partial charge is 0.477 e. The van der Waals surface area contributed by atoms with Crippen molar-refractivity contribution in [2.75, 3.05) is 16.8 Å². The number of hydrogen-bond acceptors (Lipinski definition) is 10. The van der Waals surface area contributed by atoms with Crippen LogP contribution < -0.4 is 21.3 Å². The van der Waals surface area contributed by atoms with E-state index in [-0.39, 0.29) is 11.4 Å². The number of fused-ring (bicyclic) bond motifs is 1. The van der Waals surface area contributed by atoms with Crippen molar-refractivity contribution in [3.63, 3.8) is 0 Å². The van der Waals surface area contributed by atoms with E-state index in [2.05, 4.69) is 36.8 Å². The summed E-state index contributed by atoms with van der Waals surface area (Å²) in [6.07, 6.45) is 0. The van der Waals surface area contributed by atoms with Gasteiger partial charge in [-0.1, -0.05) is 60.3 Å². The highest BCUT2D eigenvalue weighted by Gasteiger charge is 2.54. The number of hydrogen-bond donors (Lipinski definition) is 5. The Hall–Kier alpha value is -4.90. The zero-order valence-corrected chi connectivity index (χ0v) is 24.1. The fourth-order valence-electron chi connectivity index (χ4n) is 4.43. The number of urea groups is 2. The number of carboxylic acids is 1. The number of benzene rings is 2. The number of β-lactam (4-membered cyclic amide) rings is 1. The summed E-state index contributed by atoms with van der Waals surface area (Å²) < 4.78 is 1.46. The molecular weight excluding hydrogens is 598 g/mol. The smallest absolute Gasteiger partial charge is 0.352 e. The average Bonchev–Trinajstić information content (AvgIpc) is 3.41. The summed E-state index contributed by atoms with van der Waals surface area (Å²) in [5.74, 6) is -2.00. The molecule has 2 aliphatic rings. The summed E-state index contributed by atoms with van der Waals surface area (Å²) in [7, 11) is 1.66. The van der Waals surface area contributed by atoms with E-state index in [1.54, 1.807) is 67.7 Å². The van der Waals surface area contributed by atoms with Crippen molar-refractivity contribution >= 4 is 59.1 Å². The Balaban J connectivity index is 1.26. The van der Waals surface area contributed by atoms with E-state index >= 15 is 0 Å². The fourth-order valence-corrected chi connectivity index (χ4v) is 6.76. The maximum Gasteiger partial charge on any atom is 0.352 e. The molecule has 0 spiro atoms. The molecule has 0 aliphatic carbocycles. The Kier molecular flexibility index (Phi) is 8.91. The second-order valence-corrected chi connectivity index (χ2v) is 11.3. The SMILES string of the molecule is Cn1nnnc1SCC1=C(C(=O)O)N2C(=O)C(NC(=O)C(NC(=O)NC(=O)Nc3ccccc3)c3ccccc3)[C@@H]2SC1. The molecule has 0 saturated carbocycles. The number of carboxylic acid groups (broad SMARTS) is 1. The molecule has 5 rings (SSSR count). The minimum absolute atomic E-state index is 0.136. The molecule has 15 nitrogen and oxygen atoms in total. The summed E-state index contributed by atoms with van der Waals surface area (Å²) in [5.41, 5.74) is 1.25. The van der Waals surface area contributed by atoms with Crippen molar-refractivity contribution < 1.29 is 29.1 Å². The number of nitrogens with one attached hydrogen (secondary N) is 4. The van der Waals surface area contributed by atoms with E-state index in [0.717, 1.165) is 4.90 Å². The number of aryl methyl sites for hydroxylation is 1. The molecule has 2 aromatic carbocycles. The molecule has 43 heavy (non-hydrogen) atoms. The standard InChI is InChI=1S/C26H25N9O6S2/c1-34-26(31-32-33-34)43-13-15-12-42-22-18(21(37)35(22)19(15)23(38)39)28-20(36)17(14-8-4-2-5-9-14)29-25(41)30-24(40)27-16-10-6-3-7-11-16/h2-11,17-18,22H,12-13H2,1H3,(H,28,36)(H,38,39)(H3,27,29,30,40,41)/t17?,18?,22-/m0/s1. The number of aliphatic carboxylic acids is 1. The normalized spacial score (nSPS) is 18.2. The average molecular weight is 624 g/mol. The van der Waals surface area contributed by atoms with Crippen molar-refractivity contribution in [3.8, 4) is 0 Å². The summed E-state index contributed by atoms with van der Waals surface area (Å²) >= 11 is 2.56. The molecule has 2 unspecified atom stereocenters. The van der Waals surface area contributed by atoms with Crippen molar-refractivity contribution in [3.05, 3.63) is 77.5 Å². The Labute approximate surface area is 252 Å². The molecular formula is C26H25N9O6S2. The lowest BCUT2D eigenvalue weighted by molar-refractivity contribution is -0.150. The number of carbonyl (C=O) groups is 5. The molecule has 3 atom stereocenters. The van der Waals surface area contributed by atoms with E-state index in [1.807, 2.05) is 0 Å². The highest BCUT2D eigenvalue weighted by molar-refractivity contribution is 8.01. The van der Waals surface area contributed by atoms with Gasteiger partial charge in [0.25, 0.3) is 5.91 Å². The third-order valence-corrected chi connectivity index (χ3v) is 8.87. The maximum atomic E-state index is 13.4. The van der Waals surface area contributed by atoms with Gasteiger partial charge in [0.15, 0.2) is 0 Å². The summed E-state index contributed by atoms with van der Waals surface area (Å²) in [4.78, 5) is 64.9. The van der Waals surface area contributed by atoms with Crippen LogP contribution in [0.2, 0.25) is 0 Å². The van der Waals surface area contributed by atoms with E-state index in [0.29, 0.717) is 27.7 Å². The van der Waals surface area contributed by atoms with Gasteiger partial charge in [0, 0.05) is 24.2 Å². The summed E-state index contributed by atoms with van der Waals surface area (Å²) in [5, 5.41) is 30.7. The van der Waals surface area contributed by atoms with Crippen molar-refractivity contribution in [2.24, 2.45) is 7.05 Å². The third kappa shape index (κ3) is 6.62. The topological polar surface area (TPSA) is 201 Å². The van der Waals surface area contributed by atoms with Gasteiger partial charge in [-0.2, -0.15) is 0 Å². The first-order chi connectivity index (χ1) is 20.7. The number of anilines is 1. The van der Waals surface area contributed by atoms with E-state index in [1.165, 1.54) is 28.2 Å². The number of para-hydroxylation sites is 1. The van der Waals surface area contributed by atoms with Crippen LogP contribution in [0.1, 0.15) is 11.6 Å². The lowest BCUT2D eigenvalue weighted by atomic mass is 10.0. The van der Waals surface area contributed by atoms with Crippen molar-refractivity contribution in [1.82, 2.24) is 41.1 Å². The molecule has 2 aliphatic heterocycles. The highest BCUT2D eigenvalue weighted by atomic mass is 32.2. The van der Waals surface area contributed by atoms with Gasteiger partial charge in [-0.3, -0.25) is 19.8 Å². The number of imide groups is 1. The van der Waals surface area contributed by atoms with Crippen LogP contribution >= 0.6 is 23.5 Å². The van der Waals surface area contributed by atoms with Crippen LogP contribution in [-0.2, 0) is 21.4 Å². The Morgan fingerprint density at radius 2 is 1.77 bits per heavy atom. The summed E-state index contributed by atoms with van der Waals surface area (Å²) in [6.45, 7) is 0. The first kappa shape index (κ1) is 29.6. The maximum absolute atomic E-state index is 13.4. The van der Waals surface area contributed by atoms with Crippen LogP contribution in [-0.4, -0.2) is 83.0 Å². The second-order valence-electron chi connectivity index (χ2n) is 9.29. The number of tetrazole rings is 1. The Bertz CT molecular complexity index is 1580. The van der Waals surface area contributed by atoms with Gasteiger partial charge in [-0.25, -0.2) is 19.1 Å².